The normalized spacial score (nSPS) is 12.1. The maximum Gasteiger partial charge on any atom is 0.247 e. The number of rotatable bonds is 1. The summed E-state index contributed by atoms with van der Waals surface area (Å²) in [6.45, 7) is 0. The molecule has 0 fully saturated rings. The van der Waals surface area contributed by atoms with Crippen molar-refractivity contribution in [3.8, 4) is 0 Å². The third kappa shape index (κ3) is 1.45. The fourth-order valence-electron chi connectivity index (χ4n) is 1.09. The van der Waals surface area contributed by atoms with Crippen LogP contribution in [0.2, 0.25) is 0 Å². The van der Waals surface area contributed by atoms with Crippen LogP contribution in [-0.2, 0) is 10.0 Å². The van der Waals surface area contributed by atoms with E-state index in [9.17, 15) is 13.6 Å². The number of fused-ring (bicyclic) bond motifs is 1. The molecule has 5 nitrogen and oxygen atoms in total. The van der Waals surface area contributed by atoms with Gasteiger partial charge in [-0.3, -0.25) is 0 Å². The number of sulfonamides is 1. The lowest BCUT2D eigenvalue weighted by Crippen LogP contribution is -2.24. The topological polar surface area (TPSA) is 87.1 Å². The summed E-state index contributed by atoms with van der Waals surface area (Å²) in [5, 5.41) is 16.1. The highest BCUT2D eigenvalue weighted by molar-refractivity contribution is 7.91. The number of hydrogen-bond donors (Lipinski definition) is 1. The minimum absolute atomic E-state index is 0.00306. The fraction of sp³-hybridized carbons (Fsp3) is 0. The molecule has 14 heavy (non-hydrogen) atoms. The van der Waals surface area contributed by atoms with Crippen molar-refractivity contribution in [1.29, 1.82) is 0 Å². The van der Waals surface area contributed by atoms with Gasteiger partial charge in [0.05, 0.1) is 0 Å². The van der Waals surface area contributed by atoms with Gasteiger partial charge < -0.3 is 5.21 Å². The molecular formula is C7H6N2O3S2. The molecule has 2 heterocycles. The van der Waals surface area contributed by atoms with Crippen molar-refractivity contribution in [2.75, 3.05) is 0 Å². The van der Waals surface area contributed by atoms with E-state index in [-0.39, 0.29) is 4.21 Å². The lowest BCUT2D eigenvalue weighted by atomic mass is 10.4. The Hall–Kier alpha value is -1.18. The Labute approximate surface area is 84.0 Å². The number of nitrogens with two attached hydrogens (primary N) is 1. The van der Waals surface area contributed by atoms with Crippen molar-refractivity contribution in [3.05, 3.63) is 29.6 Å². The lowest BCUT2D eigenvalue weighted by molar-refractivity contribution is -0.576. The second-order valence-corrected chi connectivity index (χ2v) is 5.57. The minimum atomic E-state index is -3.72. The number of hydrogen-bond acceptors (Lipinski definition) is 4. The highest BCUT2D eigenvalue weighted by Crippen LogP contribution is 2.25. The quantitative estimate of drug-likeness (QED) is 0.560. The van der Waals surface area contributed by atoms with Gasteiger partial charge in [-0.05, 0) is 6.07 Å². The van der Waals surface area contributed by atoms with Crippen LogP contribution < -0.4 is 9.87 Å². The van der Waals surface area contributed by atoms with Gasteiger partial charge in [-0.15, -0.1) is 11.3 Å². The van der Waals surface area contributed by atoms with Crippen molar-refractivity contribution < 1.29 is 13.1 Å². The number of aromatic nitrogens is 1. The molecule has 0 bridgehead atoms. The molecule has 0 saturated carbocycles. The van der Waals surface area contributed by atoms with Crippen molar-refractivity contribution in [2.24, 2.45) is 5.14 Å². The van der Waals surface area contributed by atoms with E-state index in [2.05, 4.69) is 0 Å². The largest absolute Gasteiger partial charge is 0.618 e. The van der Waals surface area contributed by atoms with Crippen molar-refractivity contribution in [1.82, 2.24) is 0 Å². The van der Waals surface area contributed by atoms with Gasteiger partial charge in [0, 0.05) is 12.1 Å². The molecular weight excluding hydrogens is 224 g/mol. The molecule has 0 amide bonds. The first-order valence-corrected chi connectivity index (χ1v) is 5.99. The maximum absolute atomic E-state index is 11.2. The smallest absolute Gasteiger partial charge is 0.247 e. The third-order valence-corrected chi connectivity index (χ3v) is 4.21. The molecule has 2 aromatic rings. The zero-order valence-electron chi connectivity index (χ0n) is 6.88. The monoisotopic (exact) mass is 230 g/mol. The highest BCUT2D eigenvalue weighted by Gasteiger charge is 2.16. The van der Waals surface area contributed by atoms with Crippen molar-refractivity contribution >= 4 is 31.6 Å². The van der Waals surface area contributed by atoms with Crippen LogP contribution in [0.15, 0.2) is 28.6 Å². The molecule has 0 unspecified atom stereocenters. The Morgan fingerprint density at radius 2 is 2.21 bits per heavy atom. The molecule has 7 heteroatoms. The van der Waals surface area contributed by atoms with Gasteiger partial charge in [0.2, 0.25) is 15.5 Å². The van der Waals surface area contributed by atoms with E-state index in [1.165, 1.54) is 12.3 Å². The first kappa shape index (κ1) is 9.38. The second kappa shape index (κ2) is 2.91. The summed E-state index contributed by atoms with van der Waals surface area (Å²) in [4.78, 5) is 0. The van der Waals surface area contributed by atoms with Crippen molar-refractivity contribution in [2.45, 2.75) is 4.21 Å². The predicted octanol–water partition coefficient (Wildman–Crippen LogP) is 0.182. The highest BCUT2D eigenvalue weighted by atomic mass is 32.2. The molecule has 0 aliphatic rings. The summed E-state index contributed by atoms with van der Waals surface area (Å²) in [6.07, 6.45) is 1.31. The zero-order valence-corrected chi connectivity index (χ0v) is 8.51. The Morgan fingerprint density at radius 1 is 1.50 bits per heavy atom. The standard InChI is InChI=1S/C7H6N2O3S2/c8-14(11,12)7-4-5-6(13-7)2-1-3-9(5)10/h1-4H,(H2,8,11,12). The van der Waals surface area contributed by atoms with Gasteiger partial charge in [0.1, 0.15) is 8.91 Å². The zero-order chi connectivity index (χ0) is 10.3. The molecule has 2 N–H and O–H groups in total. The number of thiophene rings is 1. The molecule has 0 aromatic carbocycles. The SMILES string of the molecule is NS(=O)(=O)c1cc2c(ccc[n+]2[O-])s1. The van der Waals surface area contributed by atoms with E-state index in [0.29, 0.717) is 14.9 Å². The van der Waals surface area contributed by atoms with Gasteiger partial charge in [-0.2, -0.15) is 4.73 Å². The summed E-state index contributed by atoms with van der Waals surface area (Å²) < 4.78 is 23.2. The Morgan fingerprint density at radius 3 is 2.79 bits per heavy atom. The summed E-state index contributed by atoms with van der Waals surface area (Å²) in [5.41, 5.74) is 0.321. The number of primary sulfonamides is 1. The van der Waals surface area contributed by atoms with Gasteiger partial charge in [-0.1, -0.05) is 0 Å². The summed E-state index contributed by atoms with van der Waals surface area (Å²) in [5.74, 6) is 0. The van der Waals surface area contributed by atoms with Crippen LogP contribution in [0.4, 0.5) is 0 Å². The summed E-state index contributed by atoms with van der Waals surface area (Å²) in [7, 11) is -3.72. The van der Waals surface area contributed by atoms with Gasteiger partial charge in [-0.25, -0.2) is 13.6 Å². The van der Waals surface area contributed by atoms with Gasteiger partial charge in [0.25, 0.3) is 0 Å². The van der Waals surface area contributed by atoms with Crippen LogP contribution in [-0.4, -0.2) is 8.42 Å². The minimum Gasteiger partial charge on any atom is -0.618 e. The van der Waals surface area contributed by atoms with Crippen LogP contribution >= 0.6 is 11.3 Å². The van der Waals surface area contributed by atoms with Gasteiger partial charge in [0.15, 0.2) is 6.20 Å². The Bertz CT molecular complexity index is 588. The molecule has 0 atom stereocenters. The molecule has 74 valence electrons. The first-order valence-electron chi connectivity index (χ1n) is 3.63. The Balaban J connectivity index is 2.81. The molecule has 0 radical (unpaired) electrons. The van der Waals surface area contributed by atoms with Crippen molar-refractivity contribution in [3.63, 3.8) is 0 Å². The van der Waals surface area contributed by atoms with E-state index >= 15 is 0 Å². The van der Waals surface area contributed by atoms with Crippen LogP contribution in [0.3, 0.4) is 0 Å². The van der Waals surface area contributed by atoms with Crippen LogP contribution in [0.5, 0.6) is 0 Å². The molecule has 0 spiro atoms. The van der Waals surface area contributed by atoms with E-state index in [4.69, 9.17) is 5.14 Å². The molecule has 0 aliphatic carbocycles. The van der Waals surface area contributed by atoms with E-state index in [1.807, 2.05) is 0 Å². The molecule has 0 aliphatic heterocycles. The summed E-state index contributed by atoms with van der Waals surface area (Å²) in [6, 6.07) is 4.50. The van der Waals surface area contributed by atoms with Gasteiger partial charge >= 0.3 is 0 Å². The van der Waals surface area contributed by atoms with Crippen LogP contribution in [0, 0.1) is 5.21 Å². The number of pyridine rings is 1. The third-order valence-electron chi connectivity index (χ3n) is 1.70. The fourth-order valence-corrected chi connectivity index (χ4v) is 2.89. The maximum atomic E-state index is 11.2. The van der Waals surface area contributed by atoms with Crippen LogP contribution in [0.25, 0.3) is 10.2 Å². The molecule has 2 aromatic heterocycles. The average Bonchev–Trinajstić information content (AvgIpc) is 2.48. The average molecular weight is 230 g/mol. The second-order valence-electron chi connectivity index (χ2n) is 2.69. The molecule has 0 saturated heterocycles. The predicted molar refractivity (Wildman–Crippen MR) is 52.2 cm³/mol. The first-order chi connectivity index (χ1) is 6.48. The number of nitrogens with zero attached hydrogens (tertiary/aromatic N) is 1. The van der Waals surface area contributed by atoms with E-state index in [0.717, 1.165) is 11.3 Å². The van der Waals surface area contributed by atoms with E-state index < -0.39 is 10.0 Å². The molecule has 2 rings (SSSR count). The van der Waals surface area contributed by atoms with Crippen LogP contribution in [0.1, 0.15) is 0 Å². The van der Waals surface area contributed by atoms with E-state index in [1.54, 1.807) is 12.1 Å². The Kier molecular flexibility index (Phi) is 1.95. The summed E-state index contributed by atoms with van der Waals surface area (Å²) >= 11 is 0.985. The lowest BCUT2D eigenvalue weighted by Gasteiger charge is -1.93.